The molecular formula is C28H32N6O4. The second-order valence-electron chi connectivity index (χ2n) is 8.70. The molecule has 0 aliphatic carbocycles. The number of methoxy groups -OCH3 is 1. The molecule has 2 atom stereocenters. The van der Waals surface area contributed by atoms with Gasteiger partial charge in [-0.15, -0.1) is 0 Å². The summed E-state index contributed by atoms with van der Waals surface area (Å²) in [5.41, 5.74) is 3.67. The number of anilines is 2. The van der Waals surface area contributed by atoms with Crippen LogP contribution in [-0.2, 0) is 4.79 Å². The average molecular weight is 517 g/mol. The van der Waals surface area contributed by atoms with E-state index in [0.29, 0.717) is 33.6 Å². The summed E-state index contributed by atoms with van der Waals surface area (Å²) in [4.78, 5) is 35.8. The molecule has 38 heavy (non-hydrogen) atoms. The normalized spacial score (nSPS) is 12.6. The molecule has 2 unspecified atom stereocenters. The predicted octanol–water partition coefficient (Wildman–Crippen LogP) is 3.16. The minimum absolute atomic E-state index is 0.359. The van der Waals surface area contributed by atoms with Gasteiger partial charge in [-0.1, -0.05) is 12.1 Å². The lowest BCUT2D eigenvalue weighted by Crippen LogP contribution is -2.50. The highest BCUT2D eigenvalue weighted by Crippen LogP contribution is 2.25. The van der Waals surface area contributed by atoms with Gasteiger partial charge < -0.3 is 25.0 Å². The lowest BCUT2D eigenvalue weighted by atomic mass is 9.99. The molecule has 10 nitrogen and oxygen atoms in total. The minimum Gasteiger partial charge on any atom is -0.497 e. The highest BCUT2D eigenvalue weighted by Gasteiger charge is 2.32. The number of hydrogen-bond acceptors (Lipinski definition) is 7. The van der Waals surface area contributed by atoms with Gasteiger partial charge >= 0.3 is 0 Å². The van der Waals surface area contributed by atoms with Crippen LogP contribution in [0.5, 0.6) is 5.75 Å². The van der Waals surface area contributed by atoms with Gasteiger partial charge in [0.05, 0.1) is 36.2 Å². The van der Waals surface area contributed by atoms with Crippen LogP contribution in [0.4, 0.5) is 11.4 Å². The van der Waals surface area contributed by atoms with Gasteiger partial charge in [0.25, 0.3) is 11.8 Å². The topological polar surface area (TPSA) is 137 Å². The summed E-state index contributed by atoms with van der Waals surface area (Å²) in [7, 11) is 1.54. The van der Waals surface area contributed by atoms with Crippen molar-refractivity contribution < 1.29 is 19.4 Å². The van der Waals surface area contributed by atoms with Gasteiger partial charge in [0, 0.05) is 24.3 Å². The van der Waals surface area contributed by atoms with Crippen LogP contribution in [0.3, 0.4) is 0 Å². The molecule has 0 aliphatic heterocycles. The van der Waals surface area contributed by atoms with Crippen LogP contribution in [0.2, 0.25) is 0 Å². The molecule has 198 valence electrons. The zero-order chi connectivity index (χ0) is 27.2. The number of imidazole rings is 1. The monoisotopic (exact) mass is 516 g/mol. The Morgan fingerprint density at radius 2 is 1.68 bits per heavy atom. The molecule has 1 heterocycles. The molecule has 0 saturated carbocycles. The van der Waals surface area contributed by atoms with Gasteiger partial charge in [-0.05, 0) is 74.0 Å². The second-order valence-corrected chi connectivity index (χ2v) is 8.70. The third-order valence-corrected chi connectivity index (χ3v) is 6.51. The summed E-state index contributed by atoms with van der Waals surface area (Å²) in [6.45, 7) is 5.82. The van der Waals surface area contributed by atoms with E-state index in [-0.39, 0.29) is 0 Å². The Balaban J connectivity index is 1.59. The van der Waals surface area contributed by atoms with Gasteiger partial charge in [-0.25, -0.2) is 15.8 Å². The number of carbonyl (C=O) groups is 2. The van der Waals surface area contributed by atoms with Crippen LogP contribution in [-0.4, -0.2) is 53.2 Å². The molecule has 4 aromatic rings. The standard InChI is InChI=1S/C28H32N6O4/c1-4-33(5-2)20-10-6-19(7-11-20)27(36)32-25(18-8-13-22(38-3)14-9-18)26(35)28(37)34(29)21-12-15-23-24(16-21)31-17-30-23/h6-17,25-26,35H,4-5,29H2,1-3H3,(H,30,31)(H,32,36). The highest BCUT2D eigenvalue weighted by atomic mass is 16.5. The predicted molar refractivity (Wildman–Crippen MR) is 147 cm³/mol. The Kier molecular flexibility index (Phi) is 8.25. The van der Waals surface area contributed by atoms with Crippen LogP contribution in [0.15, 0.2) is 73.1 Å². The summed E-state index contributed by atoms with van der Waals surface area (Å²) in [6, 6.07) is 17.9. The number of amides is 2. The number of nitrogens with two attached hydrogens (primary N) is 1. The zero-order valence-electron chi connectivity index (χ0n) is 21.6. The molecule has 3 aromatic carbocycles. The average Bonchev–Trinajstić information content (AvgIpc) is 3.44. The van der Waals surface area contributed by atoms with Crippen LogP contribution in [0, 0.1) is 0 Å². The number of fused-ring (bicyclic) bond motifs is 1. The molecule has 0 saturated heterocycles. The third-order valence-electron chi connectivity index (χ3n) is 6.51. The second kappa shape index (κ2) is 11.8. The summed E-state index contributed by atoms with van der Waals surface area (Å²) in [5.74, 6) is 5.49. The maximum Gasteiger partial charge on any atom is 0.272 e. The van der Waals surface area contributed by atoms with E-state index in [4.69, 9.17) is 10.6 Å². The molecule has 0 bridgehead atoms. The molecule has 0 fully saturated rings. The van der Waals surface area contributed by atoms with E-state index >= 15 is 0 Å². The molecule has 10 heteroatoms. The fraction of sp³-hybridized carbons (Fsp3) is 0.250. The number of nitrogens with one attached hydrogen (secondary N) is 2. The Bertz CT molecular complexity index is 1380. The van der Waals surface area contributed by atoms with Crippen molar-refractivity contribution >= 4 is 34.2 Å². The van der Waals surface area contributed by atoms with Crippen molar-refractivity contribution in [3.63, 3.8) is 0 Å². The first kappa shape index (κ1) is 26.6. The molecule has 4 rings (SSSR count). The number of aliphatic hydroxyl groups is 1. The number of aromatic amines is 1. The van der Waals surface area contributed by atoms with Gasteiger partial charge in [0.2, 0.25) is 0 Å². The van der Waals surface area contributed by atoms with E-state index in [9.17, 15) is 14.7 Å². The summed E-state index contributed by atoms with van der Waals surface area (Å²) in [5, 5.41) is 14.9. The van der Waals surface area contributed by atoms with Crippen molar-refractivity contribution in [2.24, 2.45) is 5.84 Å². The number of benzene rings is 3. The van der Waals surface area contributed by atoms with E-state index in [1.54, 1.807) is 54.6 Å². The number of hydrogen-bond donors (Lipinski definition) is 4. The minimum atomic E-state index is -1.68. The van der Waals surface area contributed by atoms with Crippen molar-refractivity contribution in [2.75, 3.05) is 30.1 Å². The van der Waals surface area contributed by atoms with Crippen LogP contribution in [0.1, 0.15) is 35.8 Å². The Morgan fingerprint density at radius 3 is 2.32 bits per heavy atom. The number of aliphatic hydroxyl groups excluding tert-OH is 1. The van der Waals surface area contributed by atoms with Crippen LogP contribution in [0.25, 0.3) is 11.0 Å². The summed E-state index contributed by atoms with van der Waals surface area (Å²) in [6.07, 6.45) is -0.139. The number of rotatable bonds is 10. The molecule has 1 aromatic heterocycles. The van der Waals surface area contributed by atoms with E-state index in [0.717, 1.165) is 23.8 Å². The van der Waals surface area contributed by atoms with Crippen molar-refractivity contribution in [3.8, 4) is 5.75 Å². The molecule has 2 amide bonds. The van der Waals surface area contributed by atoms with E-state index in [2.05, 4.69) is 34.0 Å². The maximum absolute atomic E-state index is 13.3. The highest BCUT2D eigenvalue weighted by molar-refractivity contribution is 5.99. The number of carbonyl (C=O) groups excluding carboxylic acids is 2. The van der Waals surface area contributed by atoms with Gasteiger partial charge in [-0.2, -0.15) is 0 Å². The number of nitrogens with zero attached hydrogens (tertiary/aromatic N) is 3. The fourth-order valence-electron chi connectivity index (χ4n) is 4.28. The SMILES string of the molecule is CCN(CC)c1ccc(C(=O)NC(c2ccc(OC)cc2)C(O)C(=O)N(N)c2ccc3nc[nH]c3c2)cc1. The lowest BCUT2D eigenvalue weighted by molar-refractivity contribution is -0.128. The molecular weight excluding hydrogens is 484 g/mol. The number of aromatic nitrogens is 2. The summed E-state index contributed by atoms with van der Waals surface area (Å²) >= 11 is 0. The van der Waals surface area contributed by atoms with E-state index < -0.39 is 24.0 Å². The van der Waals surface area contributed by atoms with Gasteiger partial charge in [-0.3, -0.25) is 9.59 Å². The molecule has 5 N–H and O–H groups in total. The Hall–Kier alpha value is -4.41. The third kappa shape index (κ3) is 5.61. The lowest BCUT2D eigenvalue weighted by Gasteiger charge is -2.27. The first-order valence-corrected chi connectivity index (χ1v) is 12.4. The first-order chi connectivity index (χ1) is 18.4. The quantitative estimate of drug-likeness (QED) is 0.144. The Morgan fingerprint density at radius 1 is 1.03 bits per heavy atom. The van der Waals surface area contributed by atoms with Crippen molar-refractivity contribution in [1.82, 2.24) is 15.3 Å². The smallest absolute Gasteiger partial charge is 0.272 e. The van der Waals surface area contributed by atoms with Crippen LogP contribution >= 0.6 is 0 Å². The van der Waals surface area contributed by atoms with E-state index in [1.165, 1.54) is 13.4 Å². The molecule has 0 radical (unpaired) electrons. The molecule has 0 aliphatic rings. The van der Waals surface area contributed by atoms with Crippen molar-refractivity contribution in [3.05, 3.63) is 84.2 Å². The molecule has 0 spiro atoms. The van der Waals surface area contributed by atoms with Crippen molar-refractivity contribution in [1.29, 1.82) is 0 Å². The van der Waals surface area contributed by atoms with Gasteiger partial charge in [0.15, 0.2) is 6.10 Å². The maximum atomic E-state index is 13.3. The van der Waals surface area contributed by atoms with E-state index in [1.807, 2.05) is 12.1 Å². The summed E-state index contributed by atoms with van der Waals surface area (Å²) < 4.78 is 5.22. The number of ether oxygens (including phenoxy) is 1. The number of hydrazine groups is 1. The largest absolute Gasteiger partial charge is 0.497 e. The fourth-order valence-corrected chi connectivity index (χ4v) is 4.28. The Labute approximate surface area is 221 Å². The van der Waals surface area contributed by atoms with Crippen molar-refractivity contribution in [2.45, 2.75) is 26.0 Å². The zero-order valence-corrected chi connectivity index (χ0v) is 21.6. The first-order valence-electron chi connectivity index (χ1n) is 12.4. The van der Waals surface area contributed by atoms with Crippen LogP contribution < -0.4 is 25.8 Å². The number of H-pyrrole nitrogens is 1. The van der Waals surface area contributed by atoms with Gasteiger partial charge in [0.1, 0.15) is 5.75 Å².